The van der Waals surface area contributed by atoms with E-state index in [2.05, 4.69) is 11.8 Å². The van der Waals surface area contributed by atoms with E-state index >= 15 is 0 Å². The van der Waals surface area contributed by atoms with Gasteiger partial charge in [0.15, 0.2) is 0 Å². The smallest absolute Gasteiger partial charge is 0.310 e. The lowest BCUT2D eigenvalue weighted by Crippen LogP contribution is -2.48. The number of rotatable bonds is 2. The summed E-state index contributed by atoms with van der Waals surface area (Å²) in [5.74, 6) is 2.21. The Balaban J connectivity index is 2.14. The number of hydrogen-bond acceptors (Lipinski definition) is 4. The molecule has 0 saturated heterocycles. The summed E-state index contributed by atoms with van der Waals surface area (Å²) in [6, 6.07) is 11.4. The fourth-order valence-corrected chi connectivity index (χ4v) is 4.94. The van der Waals surface area contributed by atoms with Crippen LogP contribution in [0.5, 0.6) is 0 Å². The van der Waals surface area contributed by atoms with Gasteiger partial charge in [0.1, 0.15) is 0 Å². The maximum atomic E-state index is 12.8. The van der Waals surface area contributed by atoms with Gasteiger partial charge in [0.05, 0.1) is 26.1 Å². The van der Waals surface area contributed by atoms with Crippen molar-refractivity contribution in [1.29, 1.82) is 0 Å². The molecule has 3 aliphatic carbocycles. The Kier molecular flexibility index (Phi) is 4.21. The van der Waals surface area contributed by atoms with E-state index in [0.29, 0.717) is 11.1 Å². The summed E-state index contributed by atoms with van der Waals surface area (Å²) in [4.78, 5) is 25.7. The van der Waals surface area contributed by atoms with Crippen LogP contribution in [0.25, 0.3) is 0 Å². The molecule has 0 N–H and O–H groups in total. The molecule has 2 bridgehead atoms. The highest BCUT2D eigenvalue weighted by atomic mass is 16.5. The zero-order valence-corrected chi connectivity index (χ0v) is 15.6. The van der Waals surface area contributed by atoms with E-state index in [1.807, 2.05) is 24.3 Å². The van der Waals surface area contributed by atoms with Crippen molar-refractivity contribution in [1.82, 2.24) is 0 Å². The zero-order chi connectivity index (χ0) is 20.0. The Hall–Kier alpha value is -3.50. The molecule has 4 nitrogen and oxygen atoms in total. The monoisotopic (exact) mass is 370 g/mol. The molecule has 0 saturated carbocycles. The summed E-state index contributed by atoms with van der Waals surface area (Å²) in [6.45, 7) is 0. The van der Waals surface area contributed by atoms with Crippen LogP contribution in [0.4, 0.5) is 0 Å². The van der Waals surface area contributed by atoms with Crippen molar-refractivity contribution in [2.24, 2.45) is 11.8 Å². The second-order valence-electron chi connectivity index (χ2n) is 6.96. The fourth-order valence-electron chi connectivity index (χ4n) is 4.94. The van der Waals surface area contributed by atoms with Crippen LogP contribution in [0.2, 0.25) is 0 Å². The molecule has 0 aliphatic heterocycles. The first kappa shape index (κ1) is 17.9. The first-order valence-corrected chi connectivity index (χ1v) is 8.93. The number of benzene rings is 2. The average Bonchev–Trinajstić information content (AvgIpc) is 2.76. The predicted octanol–water partition coefficient (Wildman–Crippen LogP) is 2.82. The van der Waals surface area contributed by atoms with Crippen LogP contribution < -0.4 is 0 Å². The minimum absolute atomic E-state index is 0.424. The van der Waals surface area contributed by atoms with Gasteiger partial charge < -0.3 is 9.47 Å². The third-order valence-corrected chi connectivity index (χ3v) is 5.94. The number of carbonyl (C=O) groups is 2. The van der Waals surface area contributed by atoms with Gasteiger partial charge >= 0.3 is 11.9 Å². The van der Waals surface area contributed by atoms with E-state index < -0.39 is 35.6 Å². The van der Waals surface area contributed by atoms with Gasteiger partial charge in [-0.05, 0) is 34.4 Å². The Labute approximate surface area is 163 Å². The third kappa shape index (κ3) is 2.22. The number of carbonyl (C=O) groups excluding carboxylic acids is 2. The summed E-state index contributed by atoms with van der Waals surface area (Å²) in [5, 5.41) is 0. The topological polar surface area (TPSA) is 52.6 Å². The molecule has 0 fully saturated rings. The Morgan fingerprint density at radius 1 is 0.786 bits per heavy atom. The van der Waals surface area contributed by atoms with Gasteiger partial charge in [0, 0.05) is 23.0 Å². The van der Waals surface area contributed by atoms with Crippen LogP contribution in [-0.4, -0.2) is 26.2 Å². The molecular weight excluding hydrogens is 352 g/mol. The maximum absolute atomic E-state index is 12.8. The predicted molar refractivity (Wildman–Crippen MR) is 103 cm³/mol. The molecule has 0 amide bonds. The van der Waals surface area contributed by atoms with Crippen LogP contribution in [0, 0.1) is 36.5 Å². The van der Waals surface area contributed by atoms with E-state index in [1.54, 1.807) is 12.1 Å². The summed E-state index contributed by atoms with van der Waals surface area (Å²) in [5.41, 5.74) is 4.99. The lowest BCUT2D eigenvalue weighted by molar-refractivity contribution is -0.160. The average molecular weight is 370 g/mol. The molecule has 4 unspecified atom stereocenters. The van der Waals surface area contributed by atoms with Crippen LogP contribution in [0.15, 0.2) is 36.4 Å². The quantitative estimate of drug-likeness (QED) is 0.603. The van der Waals surface area contributed by atoms with Gasteiger partial charge in [-0.2, -0.15) is 0 Å². The Morgan fingerprint density at radius 2 is 1.18 bits per heavy atom. The molecule has 28 heavy (non-hydrogen) atoms. The van der Waals surface area contributed by atoms with Crippen LogP contribution in [0.1, 0.15) is 45.2 Å². The summed E-state index contributed by atoms with van der Waals surface area (Å²) < 4.78 is 10.2. The zero-order valence-electron chi connectivity index (χ0n) is 15.6. The first-order valence-electron chi connectivity index (χ1n) is 8.93. The highest BCUT2D eigenvalue weighted by Crippen LogP contribution is 2.60. The number of ether oxygens (including phenoxy) is 2. The summed E-state index contributed by atoms with van der Waals surface area (Å²) in [6.07, 6.45) is 11.6. The molecule has 3 aliphatic rings. The molecule has 5 rings (SSSR count). The number of methoxy groups -OCH3 is 2. The van der Waals surface area contributed by atoms with Gasteiger partial charge in [-0.25, -0.2) is 0 Å². The number of terminal acetylenes is 2. The lowest BCUT2D eigenvalue weighted by Gasteiger charge is -2.48. The molecule has 4 heteroatoms. The lowest BCUT2D eigenvalue weighted by atomic mass is 9.53. The number of hydrogen-bond donors (Lipinski definition) is 0. The van der Waals surface area contributed by atoms with Crippen molar-refractivity contribution < 1.29 is 19.1 Å². The van der Waals surface area contributed by atoms with Crippen molar-refractivity contribution >= 4 is 11.9 Å². The van der Waals surface area contributed by atoms with Gasteiger partial charge in [-0.15, -0.1) is 12.8 Å². The van der Waals surface area contributed by atoms with E-state index in [0.717, 1.165) is 22.3 Å². The molecule has 138 valence electrons. The van der Waals surface area contributed by atoms with Gasteiger partial charge in [0.2, 0.25) is 0 Å². The van der Waals surface area contributed by atoms with Gasteiger partial charge in [-0.1, -0.05) is 36.1 Å². The highest BCUT2D eigenvalue weighted by molar-refractivity contribution is 5.88. The second-order valence-corrected chi connectivity index (χ2v) is 6.96. The first-order chi connectivity index (χ1) is 13.6. The van der Waals surface area contributed by atoms with Crippen LogP contribution in [0.3, 0.4) is 0 Å². The normalized spacial score (nSPS) is 23.6. The third-order valence-electron chi connectivity index (χ3n) is 5.94. The highest BCUT2D eigenvalue weighted by Gasteiger charge is 2.57. The van der Waals surface area contributed by atoms with Crippen LogP contribution >= 0.6 is 0 Å². The second kappa shape index (κ2) is 6.59. The number of fused-ring (bicyclic) bond motifs is 1. The van der Waals surface area contributed by atoms with Crippen molar-refractivity contribution in [3.8, 4) is 24.7 Å². The van der Waals surface area contributed by atoms with E-state index in [1.165, 1.54) is 14.2 Å². The van der Waals surface area contributed by atoms with Crippen LogP contribution in [-0.2, 0) is 19.1 Å². The number of esters is 2. The molecule has 4 atom stereocenters. The van der Waals surface area contributed by atoms with Gasteiger partial charge in [0.25, 0.3) is 0 Å². The van der Waals surface area contributed by atoms with Crippen molar-refractivity contribution in [2.75, 3.05) is 14.2 Å². The molecule has 0 aromatic heterocycles. The molecule has 2 aromatic carbocycles. The van der Waals surface area contributed by atoms with E-state index in [-0.39, 0.29) is 0 Å². The SMILES string of the molecule is C#Cc1ccc(C#C)c2c1C1c3ccccc3C2C(C(=O)OC)C1C(=O)OC. The van der Waals surface area contributed by atoms with E-state index in [9.17, 15) is 9.59 Å². The van der Waals surface area contributed by atoms with Crippen molar-refractivity contribution in [3.63, 3.8) is 0 Å². The van der Waals surface area contributed by atoms with Crippen molar-refractivity contribution in [3.05, 3.63) is 69.8 Å². The molecule has 0 radical (unpaired) electrons. The molecular formula is C24H18O4. The van der Waals surface area contributed by atoms with Crippen molar-refractivity contribution in [2.45, 2.75) is 11.8 Å². The summed E-state index contributed by atoms with van der Waals surface area (Å²) >= 11 is 0. The Morgan fingerprint density at radius 3 is 1.50 bits per heavy atom. The fraction of sp³-hybridized carbons (Fsp3) is 0.250. The largest absolute Gasteiger partial charge is 0.469 e. The van der Waals surface area contributed by atoms with E-state index in [4.69, 9.17) is 22.3 Å². The maximum Gasteiger partial charge on any atom is 0.310 e. The molecule has 0 heterocycles. The standard InChI is InChI=1S/C24H18O4/c1-5-13-11-12-14(6-2)18-17(13)19-15-9-7-8-10-16(15)20(18)22(24(26)28-4)21(19)23(25)27-3/h1-2,7-12,19-22H,3-4H3. The minimum atomic E-state index is -0.732. The van der Waals surface area contributed by atoms with Gasteiger partial charge in [-0.3, -0.25) is 9.59 Å². The summed E-state index contributed by atoms with van der Waals surface area (Å²) in [7, 11) is 2.65. The minimum Gasteiger partial charge on any atom is -0.469 e. The Bertz CT molecular complexity index is 997. The molecule has 2 aromatic rings. The molecule has 0 spiro atoms.